The SMILES string of the molecule is CC(c1cccc(O)c1)N(C)Cc1ncc(Cl)n1C. The zero-order valence-corrected chi connectivity index (χ0v) is 12.1. The molecule has 0 spiro atoms. The van der Waals surface area contributed by atoms with E-state index in [0.717, 1.165) is 11.4 Å². The summed E-state index contributed by atoms with van der Waals surface area (Å²) < 4.78 is 1.87. The highest BCUT2D eigenvalue weighted by atomic mass is 35.5. The third-order valence-corrected chi connectivity index (χ3v) is 3.78. The Morgan fingerprint density at radius 1 is 1.47 bits per heavy atom. The van der Waals surface area contributed by atoms with Gasteiger partial charge in [-0.25, -0.2) is 4.98 Å². The molecule has 0 aliphatic rings. The maximum Gasteiger partial charge on any atom is 0.128 e. The third kappa shape index (κ3) is 3.08. The number of nitrogens with zero attached hydrogens (tertiary/aromatic N) is 3. The summed E-state index contributed by atoms with van der Waals surface area (Å²) in [6.07, 6.45) is 1.66. The minimum absolute atomic E-state index is 0.183. The van der Waals surface area contributed by atoms with Crippen LogP contribution in [0.1, 0.15) is 24.4 Å². The molecule has 0 fully saturated rings. The summed E-state index contributed by atoms with van der Waals surface area (Å²) in [6, 6.07) is 7.50. The van der Waals surface area contributed by atoms with Crippen molar-refractivity contribution >= 4 is 11.6 Å². The summed E-state index contributed by atoms with van der Waals surface area (Å²) in [7, 11) is 3.93. The zero-order chi connectivity index (χ0) is 14.0. The second-order valence-corrected chi connectivity index (χ2v) is 5.13. The molecule has 19 heavy (non-hydrogen) atoms. The highest BCUT2D eigenvalue weighted by Gasteiger charge is 2.15. The van der Waals surface area contributed by atoms with Gasteiger partial charge in [0.2, 0.25) is 0 Å². The van der Waals surface area contributed by atoms with Gasteiger partial charge in [0.05, 0.1) is 12.7 Å². The van der Waals surface area contributed by atoms with E-state index in [9.17, 15) is 5.11 Å². The molecule has 1 heterocycles. The molecule has 0 saturated heterocycles. The molecule has 0 bridgehead atoms. The molecule has 1 aromatic heterocycles. The number of phenols is 1. The van der Waals surface area contributed by atoms with E-state index in [4.69, 9.17) is 11.6 Å². The number of rotatable bonds is 4. The second-order valence-electron chi connectivity index (χ2n) is 4.74. The molecule has 0 aliphatic heterocycles. The quantitative estimate of drug-likeness (QED) is 0.935. The Hall–Kier alpha value is -1.52. The summed E-state index contributed by atoms with van der Waals surface area (Å²) >= 11 is 5.98. The molecule has 5 heteroatoms. The molecular formula is C14H18ClN3O. The van der Waals surface area contributed by atoms with E-state index < -0.39 is 0 Å². The average molecular weight is 280 g/mol. The summed E-state index contributed by atoms with van der Waals surface area (Å²) in [4.78, 5) is 6.45. The molecule has 0 amide bonds. The van der Waals surface area contributed by atoms with E-state index in [1.165, 1.54) is 0 Å². The highest BCUT2D eigenvalue weighted by Crippen LogP contribution is 2.23. The average Bonchev–Trinajstić information content (AvgIpc) is 2.70. The summed E-state index contributed by atoms with van der Waals surface area (Å²) in [5.41, 5.74) is 1.07. The van der Waals surface area contributed by atoms with Crippen molar-refractivity contribution in [3.63, 3.8) is 0 Å². The monoisotopic (exact) mass is 279 g/mol. The Bertz CT molecular complexity index is 568. The van der Waals surface area contributed by atoms with Crippen LogP contribution in [0.3, 0.4) is 0 Å². The lowest BCUT2D eigenvalue weighted by molar-refractivity contribution is 0.244. The first kappa shape index (κ1) is 13.9. The Labute approximate surface area is 118 Å². The number of aromatic hydroxyl groups is 1. The molecule has 1 aromatic carbocycles. The van der Waals surface area contributed by atoms with Crippen LogP contribution >= 0.6 is 11.6 Å². The first-order valence-corrected chi connectivity index (χ1v) is 6.52. The number of hydrogen-bond donors (Lipinski definition) is 1. The standard InChI is InChI=1S/C14H18ClN3O/c1-10(11-5-4-6-12(19)7-11)17(2)9-14-16-8-13(15)18(14)3/h4-8,10,19H,9H2,1-3H3. The van der Waals surface area contributed by atoms with E-state index in [1.54, 1.807) is 18.3 Å². The molecule has 1 atom stereocenters. The minimum Gasteiger partial charge on any atom is -0.508 e. The maximum atomic E-state index is 9.53. The van der Waals surface area contributed by atoms with Crippen LogP contribution in [0.15, 0.2) is 30.5 Å². The van der Waals surface area contributed by atoms with Crippen molar-refractivity contribution in [2.24, 2.45) is 7.05 Å². The van der Waals surface area contributed by atoms with Crippen molar-refractivity contribution in [2.45, 2.75) is 19.5 Å². The highest BCUT2D eigenvalue weighted by molar-refractivity contribution is 6.29. The number of imidazole rings is 1. The van der Waals surface area contributed by atoms with Crippen LogP contribution in [-0.2, 0) is 13.6 Å². The van der Waals surface area contributed by atoms with Gasteiger partial charge in [-0.15, -0.1) is 0 Å². The molecule has 102 valence electrons. The molecule has 4 nitrogen and oxygen atoms in total. The lowest BCUT2D eigenvalue weighted by Crippen LogP contribution is -2.23. The Morgan fingerprint density at radius 2 is 2.21 bits per heavy atom. The molecular weight excluding hydrogens is 262 g/mol. The van der Waals surface area contributed by atoms with Gasteiger partial charge < -0.3 is 9.67 Å². The van der Waals surface area contributed by atoms with Crippen LogP contribution < -0.4 is 0 Å². The predicted molar refractivity (Wildman–Crippen MR) is 76.2 cm³/mol. The number of aromatic nitrogens is 2. The van der Waals surface area contributed by atoms with Crippen LogP contribution in [0.25, 0.3) is 0 Å². The van der Waals surface area contributed by atoms with E-state index >= 15 is 0 Å². The van der Waals surface area contributed by atoms with Gasteiger partial charge in [-0.1, -0.05) is 23.7 Å². The molecule has 1 unspecified atom stereocenters. The van der Waals surface area contributed by atoms with E-state index in [0.29, 0.717) is 11.7 Å². The van der Waals surface area contributed by atoms with Crippen molar-refractivity contribution in [1.82, 2.24) is 14.5 Å². The van der Waals surface area contributed by atoms with Crippen LogP contribution in [0, 0.1) is 0 Å². The fourth-order valence-electron chi connectivity index (χ4n) is 1.97. The molecule has 0 saturated carbocycles. The maximum absolute atomic E-state index is 9.53. The van der Waals surface area contributed by atoms with Crippen molar-refractivity contribution in [2.75, 3.05) is 7.05 Å². The van der Waals surface area contributed by atoms with E-state index in [-0.39, 0.29) is 11.8 Å². The van der Waals surface area contributed by atoms with Gasteiger partial charge in [0.15, 0.2) is 0 Å². The van der Waals surface area contributed by atoms with E-state index in [1.807, 2.05) is 30.8 Å². The van der Waals surface area contributed by atoms with Gasteiger partial charge in [-0.05, 0) is 31.7 Å². The van der Waals surface area contributed by atoms with Crippen molar-refractivity contribution in [1.29, 1.82) is 0 Å². The lowest BCUT2D eigenvalue weighted by atomic mass is 10.1. The lowest BCUT2D eigenvalue weighted by Gasteiger charge is -2.24. The van der Waals surface area contributed by atoms with Gasteiger partial charge in [0.25, 0.3) is 0 Å². The Morgan fingerprint density at radius 3 is 2.79 bits per heavy atom. The summed E-state index contributed by atoms with van der Waals surface area (Å²) in [5, 5.41) is 10.2. The fraction of sp³-hybridized carbons (Fsp3) is 0.357. The number of benzene rings is 1. The summed E-state index contributed by atoms with van der Waals surface area (Å²) in [6.45, 7) is 2.79. The topological polar surface area (TPSA) is 41.3 Å². The van der Waals surface area contributed by atoms with Crippen LogP contribution in [0.4, 0.5) is 0 Å². The van der Waals surface area contributed by atoms with Crippen LogP contribution in [-0.4, -0.2) is 26.6 Å². The van der Waals surface area contributed by atoms with Crippen molar-refractivity contribution < 1.29 is 5.11 Å². The van der Waals surface area contributed by atoms with Crippen molar-refractivity contribution in [3.05, 3.63) is 47.0 Å². The van der Waals surface area contributed by atoms with Gasteiger partial charge >= 0.3 is 0 Å². The largest absolute Gasteiger partial charge is 0.508 e. The van der Waals surface area contributed by atoms with Gasteiger partial charge in [-0.2, -0.15) is 0 Å². The molecule has 1 N–H and O–H groups in total. The minimum atomic E-state index is 0.183. The first-order valence-electron chi connectivity index (χ1n) is 6.14. The number of phenolic OH excluding ortho intramolecular Hbond substituents is 1. The number of hydrogen-bond acceptors (Lipinski definition) is 3. The van der Waals surface area contributed by atoms with Crippen molar-refractivity contribution in [3.8, 4) is 5.75 Å². The molecule has 2 rings (SSSR count). The second kappa shape index (κ2) is 5.63. The predicted octanol–water partition coefficient (Wildman–Crippen LogP) is 2.97. The van der Waals surface area contributed by atoms with Gasteiger partial charge in [0, 0.05) is 13.1 Å². The first-order chi connectivity index (χ1) is 8.99. The smallest absolute Gasteiger partial charge is 0.128 e. The molecule has 2 aromatic rings. The van der Waals surface area contributed by atoms with Gasteiger partial charge in [0.1, 0.15) is 16.7 Å². The number of halogens is 1. The Kier molecular flexibility index (Phi) is 4.12. The van der Waals surface area contributed by atoms with E-state index in [2.05, 4.69) is 16.8 Å². The normalized spacial score (nSPS) is 12.9. The fourth-order valence-corrected chi connectivity index (χ4v) is 2.12. The Balaban J connectivity index is 2.11. The van der Waals surface area contributed by atoms with Crippen LogP contribution in [0.5, 0.6) is 5.75 Å². The van der Waals surface area contributed by atoms with Crippen LogP contribution in [0.2, 0.25) is 5.15 Å². The van der Waals surface area contributed by atoms with Gasteiger partial charge in [-0.3, -0.25) is 4.90 Å². The summed E-state index contributed by atoms with van der Waals surface area (Å²) in [5.74, 6) is 1.21. The molecule has 0 radical (unpaired) electrons. The third-order valence-electron chi connectivity index (χ3n) is 3.43. The zero-order valence-electron chi connectivity index (χ0n) is 11.3. The molecule has 0 aliphatic carbocycles.